The molecule has 3 aromatic rings. The minimum absolute atomic E-state index is 0.0793. The van der Waals surface area contributed by atoms with Crippen LogP contribution in [-0.4, -0.2) is 15.9 Å². The van der Waals surface area contributed by atoms with E-state index < -0.39 is 0 Å². The van der Waals surface area contributed by atoms with Gasteiger partial charge in [0.25, 0.3) is 0 Å². The number of aryl methyl sites for hydroxylation is 2. The first-order valence-electron chi connectivity index (χ1n) is 7.60. The fraction of sp³-hybridized carbons (Fsp3) is 0.167. The summed E-state index contributed by atoms with van der Waals surface area (Å²) in [6.07, 6.45) is 0.243. The number of carbonyl (C=O) groups is 1. The molecule has 0 unspecified atom stereocenters. The highest BCUT2D eigenvalue weighted by Crippen LogP contribution is 2.20. The van der Waals surface area contributed by atoms with Crippen molar-refractivity contribution in [3.63, 3.8) is 0 Å². The van der Waals surface area contributed by atoms with Crippen LogP contribution in [0.15, 0.2) is 47.8 Å². The number of nitrogens with one attached hydrogen (secondary N) is 2. The Balaban J connectivity index is 1.59. The molecule has 0 bridgehead atoms. The van der Waals surface area contributed by atoms with Gasteiger partial charge in [-0.2, -0.15) is 0 Å². The first-order chi connectivity index (χ1) is 11.6. The number of anilines is 3. The van der Waals surface area contributed by atoms with Crippen LogP contribution in [0.25, 0.3) is 0 Å². The van der Waals surface area contributed by atoms with Crippen molar-refractivity contribution in [2.75, 3.05) is 10.6 Å². The molecule has 0 aliphatic heterocycles. The second-order valence-electron chi connectivity index (χ2n) is 5.52. The van der Waals surface area contributed by atoms with Crippen molar-refractivity contribution >= 4 is 33.9 Å². The van der Waals surface area contributed by atoms with Crippen LogP contribution in [0.1, 0.15) is 17.0 Å². The second-order valence-corrected chi connectivity index (χ2v) is 6.38. The maximum Gasteiger partial charge on any atom is 0.230 e. The maximum atomic E-state index is 12.1. The highest BCUT2D eigenvalue weighted by atomic mass is 32.1. The summed E-state index contributed by atoms with van der Waals surface area (Å²) in [5, 5.41) is 8.65. The lowest BCUT2D eigenvalue weighted by molar-refractivity contribution is -0.115. The Labute approximate surface area is 144 Å². The Hall–Kier alpha value is -2.73. The molecule has 2 heterocycles. The predicted molar refractivity (Wildman–Crippen MR) is 97.9 cm³/mol. The molecule has 122 valence electrons. The molecule has 24 heavy (non-hydrogen) atoms. The van der Waals surface area contributed by atoms with E-state index in [0.717, 1.165) is 33.6 Å². The number of hydrogen-bond acceptors (Lipinski definition) is 5. The van der Waals surface area contributed by atoms with Crippen molar-refractivity contribution in [3.8, 4) is 0 Å². The average Bonchev–Trinajstić information content (AvgIpc) is 2.96. The van der Waals surface area contributed by atoms with Gasteiger partial charge in [0.05, 0.1) is 12.1 Å². The fourth-order valence-corrected chi connectivity index (χ4v) is 2.89. The van der Waals surface area contributed by atoms with Crippen LogP contribution in [0, 0.1) is 13.8 Å². The maximum absolute atomic E-state index is 12.1. The number of amides is 1. The number of hydrogen-bond donors (Lipinski definition) is 2. The molecule has 2 aromatic heterocycles. The molecule has 1 amide bonds. The number of aromatic nitrogens is 2. The lowest BCUT2D eigenvalue weighted by Gasteiger charge is -2.04. The van der Waals surface area contributed by atoms with Crippen LogP contribution in [0.5, 0.6) is 0 Å². The first-order valence-corrected chi connectivity index (χ1v) is 8.48. The number of carbonyl (C=O) groups excluding carboxylic acids is 1. The summed E-state index contributed by atoms with van der Waals surface area (Å²) < 4.78 is 0. The summed E-state index contributed by atoms with van der Waals surface area (Å²) >= 11 is 1.46. The molecule has 0 aliphatic rings. The number of nitrogens with zero attached hydrogens (tertiary/aromatic N) is 2. The zero-order chi connectivity index (χ0) is 16.9. The van der Waals surface area contributed by atoms with Gasteiger partial charge in [-0.3, -0.25) is 4.79 Å². The molecule has 5 nitrogen and oxygen atoms in total. The summed E-state index contributed by atoms with van der Waals surface area (Å²) in [5.74, 6) is 0.671. The Morgan fingerprint density at radius 3 is 2.62 bits per heavy atom. The third-order valence-corrected chi connectivity index (χ3v) is 4.16. The third kappa shape index (κ3) is 4.39. The molecule has 0 saturated heterocycles. The van der Waals surface area contributed by atoms with Crippen LogP contribution >= 0.6 is 11.3 Å². The molecule has 0 saturated carbocycles. The van der Waals surface area contributed by atoms with Crippen LogP contribution in [-0.2, 0) is 11.2 Å². The Morgan fingerprint density at radius 2 is 1.88 bits per heavy atom. The Bertz CT molecular complexity index is 842. The molecule has 0 radical (unpaired) electrons. The van der Waals surface area contributed by atoms with Crippen molar-refractivity contribution in [1.29, 1.82) is 0 Å². The molecule has 3 rings (SSSR count). The summed E-state index contributed by atoms with van der Waals surface area (Å²) in [4.78, 5) is 20.9. The Morgan fingerprint density at radius 1 is 1.08 bits per heavy atom. The summed E-state index contributed by atoms with van der Waals surface area (Å²) in [7, 11) is 0. The van der Waals surface area contributed by atoms with Gasteiger partial charge < -0.3 is 10.6 Å². The quantitative estimate of drug-likeness (QED) is 0.735. The molecule has 0 spiro atoms. The number of pyridine rings is 1. The zero-order valence-corrected chi connectivity index (χ0v) is 14.4. The highest BCUT2D eigenvalue weighted by molar-refractivity contribution is 7.13. The van der Waals surface area contributed by atoms with Crippen molar-refractivity contribution < 1.29 is 4.79 Å². The van der Waals surface area contributed by atoms with Gasteiger partial charge in [-0.1, -0.05) is 23.8 Å². The topological polar surface area (TPSA) is 66.9 Å². The van der Waals surface area contributed by atoms with Crippen LogP contribution in [0.4, 0.5) is 16.6 Å². The summed E-state index contributed by atoms with van der Waals surface area (Å²) in [6.45, 7) is 3.95. The van der Waals surface area contributed by atoms with E-state index in [9.17, 15) is 4.79 Å². The van der Waals surface area contributed by atoms with E-state index in [1.165, 1.54) is 11.3 Å². The van der Waals surface area contributed by atoms with Gasteiger partial charge in [0.1, 0.15) is 5.82 Å². The van der Waals surface area contributed by atoms with Crippen molar-refractivity contribution in [2.24, 2.45) is 0 Å². The molecule has 0 atom stereocenters. The van der Waals surface area contributed by atoms with E-state index in [4.69, 9.17) is 0 Å². The highest BCUT2D eigenvalue weighted by Gasteiger charge is 2.09. The van der Waals surface area contributed by atoms with E-state index in [0.29, 0.717) is 0 Å². The monoisotopic (exact) mass is 338 g/mol. The standard InChI is InChI=1S/C18H18N4OS/c1-12-6-8-14(9-7-12)20-17(23)10-15-11-24-18(21-15)22-16-5-3-4-13(2)19-16/h3-9,11H,10H2,1-2H3,(H,20,23)(H,19,21,22). The number of benzene rings is 1. The lowest BCUT2D eigenvalue weighted by Crippen LogP contribution is -2.14. The van der Waals surface area contributed by atoms with Gasteiger partial charge in [0, 0.05) is 16.8 Å². The predicted octanol–water partition coefficient (Wildman–Crippen LogP) is 4.08. The minimum atomic E-state index is -0.0793. The van der Waals surface area contributed by atoms with Crippen molar-refractivity contribution in [2.45, 2.75) is 20.3 Å². The molecule has 0 fully saturated rings. The molecule has 1 aromatic carbocycles. The van der Waals surface area contributed by atoms with E-state index in [-0.39, 0.29) is 12.3 Å². The normalized spacial score (nSPS) is 10.4. The van der Waals surface area contributed by atoms with Crippen LogP contribution in [0.2, 0.25) is 0 Å². The molecular weight excluding hydrogens is 320 g/mol. The van der Waals surface area contributed by atoms with Crippen molar-refractivity contribution in [1.82, 2.24) is 9.97 Å². The molecule has 2 N–H and O–H groups in total. The minimum Gasteiger partial charge on any atom is -0.326 e. The number of thiazole rings is 1. The van der Waals surface area contributed by atoms with Gasteiger partial charge in [-0.15, -0.1) is 11.3 Å². The molecule has 0 aliphatic carbocycles. The van der Waals surface area contributed by atoms with E-state index in [1.54, 1.807) is 0 Å². The van der Waals surface area contributed by atoms with Crippen molar-refractivity contribution in [3.05, 3.63) is 64.8 Å². The smallest absolute Gasteiger partial charge is 0.230 e. The molecule has 6 heteroatoms. The van der Waals surface area contributed by atoms with E-state index in [2.05, 4.69) is 20.6 Å². The first kappa shape index (κ1) is 16.1. The zero-order valence-electron chi connectivity index (χ0n) is 13.5. The molecular formula is C18H18N4OS. The largest absolute Gasteiger partial charge is 0.326 e. The van der Waals surface area contributed by atoms with Crippen LogP contribution < -0.4 is 10.6 Å². The van der Waals surface area contributed by atoms with E-state index >= 15 is 0 Å². The average molecular weight is 338 g/mol. The second kappa shape index (κ2) is 7.23. The van der Waals surface area contributed by atoms with Gasteiger partial charge in [-0.05, 0) is 38.1 Å². The van der Waals surface area contributed by atoms with E-state index in [1.807, 2.05) is 61.7 Å². The van der Waals surface area contributed by atoms with Gasteiger partial charge in [0.2, 0.25) is 5.91 Å². The Kier molecular flexibility index (Phi) is 4.86. The SMILES string of the molecule is Cc1ccc(NC(=O)Cc2csc(Nc3cccc(C)n3)n2)cc1. The fourth-order valence-electron chi connectivity index (χ4n) is 2.17. The third-order valence-electron chi connectivity index (χ3n) is 3.35. The van der Waals surface area contributed by atoms with Crippen LogP contribution in [0.3, 0.4) is 0 Å². The number of rotatable bonds is 5. The summed E-state index contributed by atoms with van der Waals surface area (Å²) in [5.41, 5.74) is 3.63. The van der Waals surface area contributed by atoms with Gasteiger partial charge >= 0.3 is 0 Å². The lowest BCUT2D eigenvalue weighted by atomic mass is 10.2. The van der Waals surface area contributed by atoms with Gasteiger partial charge in [-0.25, -0.2) is 9.97 Å². The summed E-state index contributed by atoms with van der Waals surface area (Å²) in [6, 6.07) is 13.5. The van der Waals surface area contributed by atoms with Gasteiger partial charge in [0.15, 0.2) is 5.13 Å².